The molecule has 4 rings (SSSR count). The van der Waals surface area contributed by atoms with E-state index in [1.165, 1.54) is 0 Å². The second kappa shape index (κ2) is 8.74. The number of rotatable bonds is 7. The molecule has 1 aliphatic rings. The van der Waals surface area contributed by atoms with Crippen LogP contribution in [0.15, 0.2) is 54.6 Å². The third kappa shape index (κ3) is 4.17. The fourth-order valence-electron chi connectivity index (χ4n) is 3.49. The SMILES string of the molecule is CCC(CC)C(=O)Nc1c2c(nn1-c1ccc(Oc3ccccc3)cc1)CSC2. The molecule has 0 spiro atoms. The highest BCUT2D eigenvalue weighted by Gasteiger charge is 2.26. The maximum Gasteiger partial charge on any atom is 0.228 e. The lowest BCUT2D eigenvalue weighted by Gasteiger charge is -2.15. The average molecular weight is 408 g/mol. The van der Waals surface area contributed by atoms with Gasteiger partial charge in [0.25, 0.3) is 0 Å². The van der Waals surface area contributed by atoms with Crippen molar-refractivity contribution in [3.05, 3.63) is 65.9 Å². The molecule has 0 unspecified atom stereocenters. The van der Waals surface area contributed by atoms with E-state index in [1.54, 1.807) is 0 Å². The maximum absolute atomic E-state index is 12.7. The molecule has 5 nitrogen and oxygen atoms in total. The molecule has 2 aromatic carbocycles. The Balaban J connectivity index is 1.60. The van der Waals surface area contributed by atoms with Crippen molar-refractivity contribution in [1.82, 2.24) is 9.78 Å². The molecule has 2 heterocycles. The normalized spacial score (nSPS) is 12.8. The molecule has 0 saturated heterocycles. The van der Waals surface area contributed by atoms with E-state index in [4.69, 9.17) is 9.84 Å². The number of amides is 1. The predicted molar refractivity (Wildman–Crippen MR) is 118 cm³/mol. The number of carbonyl (C=O) groups excluding carboxylic acids is 1. The van der Waals surface area contributed by atoms with E-state index in [1.807, 2.05) is 71.0 Å². The molecule has 0 bridgehead atoms. The largest absolute Gasteiger partial charge is 0.457 e. The number of carbonyl (C=O) groups is 1. The van der Waals surface area contributed by atoms with Crippen LogP contribution in [0, 0.1) is 5.92 Å². The van der Waals surface area contributed by atoms with Gasteiger partial charge in [-0.05, 0) is 49.2 Å². The lowest BCUT2D eigenvalue weighted by atomic mass is 10.0. The van der Waals surface area contributed by atoms with Crippen LogP contribution in [0.25, 0.3) is 5.69 Å². The number of aromatic nitrogens is 2. The van der Waals surface area contributed by atoms with Gasteiger partial charge in [-0.3, -0.25) is 4.79 Å². The molecule has 3 aromatic rings. The number of ether oxygens (including phenoxy) is 1. The number of anilines is 1. The lowest BCUT2D eigenvalue weighted by Crippen LogP contribution is -2.23. The Morgan fingerprint density at radius 1 is 1.07 bits per heavy atom. The van der Waals surface area contributed by atoms with E-state index in [0.29, 0.717) is 0 Å². The second-order valence-electron chi connectivity index (χ2n) is 7.09. The van der Waals surface area contributed by atoms with Crippen LogP contribution in [-0.4, -0.2) is 15.7 Å². The standard InChI is InChI=1S/C23H25N3O2S/c1-3-16(4-2)23(27)24-22-20-14-29-15-21(20)25-26(22)17-10-12-19(13-11-17)28-18-8-6-5-7-9-18/h5-13,16H,3-4,14-15H2,1-2H3,(H,24,27). The number of hydrogen-bond donors (Lipinski definition) is 1. The van der Waals surface area contributed by atoms with Gasteiger partial charge in [-0.1, -0.05) is 32.0 Å². The summed E-state index contributed by atoms with van der Waals surface area (Å²) in [5, 5.41) is 7.94. The van der Waals surface area contributed by atoms with Crippen LogP contribution in [0.1, 0.15) is 37.9 Å². The molecular weight excluding hydrogens is 382 g/mol. The first kappa shape index (κ1) is 19.6. The van der Waals surface area contributed by atoms with Gasteiger partial charge in [0.05, 0.1) is 11.4 Å². The van der Waals surface area contributed by atoms with Crippen LogP contribution in [0.5, 0.6) is 11.5 Å². The summed E-state index contributed by atoms with van der Waals surface area (Å²) in [5.41, 5.74) is 3.10. The van der Waals surface area contributed by atoms with E-state index >= 15 is 0 Å². The molecule has 6 heteroatoms. The number of para-hydroxylation sites is 1. The summed E-state index contributed by atoms with van der Waals surface area (Å²) < 4.78 is 7.74. The van der Waals surface area contributed by atoms with Crippen LogP contribution in [0.3, 0.4) is 0 Å². The minimum atomic E-state index is 0.0182. The molecule has 150 valence electrons. The van der Waals surface area contributed by atoms with E-state index in [0.717, 1.165) is 58.6 Å². The Bertz CT molecular complexity index is 979. The van der Waals surface area contributed by atoms with Crippen molar-refractivity contribution in [3.63, 3.8) is 0 Å². The van der Waals surface area contributed by atoms with E-state index < -0.39 is 0 Å². The predicted octanol–water partition coefficient (Wildman–Crippen LogP) is 5.79. The second-order valence-corrected chi connectivity index (χ2v) is 8.08. The molecule has 0 radical (unpaired) electrons. The van der Waals surface area contributed by atoms with Gasteiger partial charge >= 0.3 is 0 Å². The Hall–Kier alpha value is -2.73. The smallest absolute Gasteiger partial charge is 0.228 e. The van der Waals surface area contributed by atoms with Crippen molar-refractivity contribution in [2.75, 3.05) is 5.32 Å². The Morgan fingerprint density at radius 2 is 1.76 bits per heavy atom. The molecule has 0 fully saturated rings. The van der Waals surface area contributed by atoms with Gasteiger partial charge < -0.3 is 10.1 Å². The number of fused-ring (bicyclic) bond motifs is 1. The van der Waals surface area contributed by atoms with Gasteiger partial charge in [0.2, 0.25) is 5.91 Å². The zero-order valence-electron chi connectivity index (χ0n) is 16.7. The first-order valence-electron chi connectivity index (χ1n) is 10.0. The van der Waals surface area contributed by atoms with Gasteiger partial charge in [-0.25, -0.2) is 4.68 Å². The number of hydrogen-bond acceptors (Lipinski definition) is 4. The summed E-state index contributed by atoms with van der Waals surface area (Å²) in [6.45, 7) is 4.10. The molecule has 0 aliphatic carbocycles. The summed E-state index contributed by atoms with van der Waals surface area (Å²) in [6, 6.07) is 17.5. The van der Waals surface area contributed by atoms with Gasteiger partial charge in [0.15, 0.2) is 0 Å². The molecule has 1 amide bonds. The third-order valence-electron chi connectivity index (χ3n) is 5.21. The van der Waals surface area contributed by atoms with Crippen molar-refractivity contribution in [1.29, 1.82) is 0 Å². The van der Waals surface area contributed by atoms with E-state index in [-0.39, 0.29) is 11.8 Å². The van der Waals surface area contributed by atoms with Gasteiger partial charge in [-0.2, -0.15) is 16.9 Å². The molecule has 0 saturated carbocycles. The number of nitrogens with zero attached hydrogens (tertiary/aromatic N) is 2. The number of thioether (sulfide) groups is 1. The van der Waals surface area contributed by atoms with Gasteiger partial charge in [-0.15, -0.1) is 0 Å². The van der Waals surface area contributed by atoms with Crippen molar-refractivity contribution in [2.24, 2.45) is 5.92 Å². The minimum Gasteiger partial charge on any atom is -0.457 e. The molecular formula is C23H25N3O2S. The van der Waals surface area contributed by atoms with Crippen LogP contribution in [-0.2, 0) is 16.3 Å². The summed E-state index contributed by atoms with van der Waals surface area (Å²) >= 11 is 1.83. The Labute approximate surface area is 175 Å². The number of benzene rings is 2. The highest BCUT2D eigenvalue weighted by Crippen LogP contribution is 2.36. The zero-order chi connectivity index (χ0) is 20.2. The molecule has 29 heavy (non-hydrogen) atoms. The first-order valence-corrected chi connectivity index (χ1v) is 11.2. The highest BCUT2D eigenvalue weighted by atomic mass is 32.2. The average Bonchev–Trinajstić information content (AvgIpc) is 3.33. The van der Waals surface area contributed by atoms with Crippen molar-refractivity contribution < 1.29 is 9.53 Å². The van der Waals surface area contributed by atoms with E-state index in [9.17, 15) is 4.79 Å². The Kier molecular flexibility index (Phi) is 5.90. The third-order valence-corrected chi connectivity index (χ3v) is 6.18. The van der Waals surface area contributed by atoms with Crippen LogP contribution >= 0.6 is 11.8 Å². The number of nitrogens with one attached hydrogen (secondary N) is 1. The lowest BCUT2D eigenvalue weighted by molar-refractivity contribution is -0.120. The van der Waals surface area contributed by atoms with Crippen molar-refractivity contribution >= 4 is 23.5 Å². The van der Waals surface area contributed by atoms with E-state index in [2.05, 4.69) is 19.2 Å². The van der Waals surface area contributed by atoms with Gasteiger partial charge in [0.1, 0.15) is 17.3 Å². The molecule has 1 aliphatic heterocycles. The molecule has 1 N–H and O–H groups in total. The summed E-state index contributed by atoms with van der Waals surface area (Å²) in [6.07, 6.45) is 1.66. The highest BCUT2D eigenvalue weighted by molar-refractivity contribution is 7.98. The minimum absolute atomic E-state index is 0.0182. The molecule has 1 aromatic heterocycles. The quantitative estimate of drug-likeness (QED) is 0.539. The monoisotopic (exact) mass is 407 g/mol. The Morgan fingerprint density at radius 3 is 2.45 bits per heavy atom. The summed E-state index contributed by atoms with van der Waals surface area (Å²) in [5.74, 6) is 4.21. The molecule has 0 atom stereocenters. The fraction of sp³-hybridized carbons (Fsp3) is 0.304. The van der Waals surface area contributed by atoms with Gasteiger partial charge in [0, 0.05) is 23.0 Å². The topological polar surface area (TPSA) is 56.2 Å². The maximum atomic E-state index is 12.7. The van der Waals surface area contributed by atoms with Crippen LogP contribution < -0.4 is 10.1 Å². The fourth-order valence-corrected chi connectivity index (χ4v) is 4.52. The van der Waals surface area contributed by atoms with Crippen LogP contribution in [0.4, 0.5) is 5.82 Å². The first-order chi connectivity index (χ1) is 14.2. The van der Waals surface area contributed by atoms with Crippen molar-refractivity contribution in [3.8, 4) is 17.2 Å². The summed E-state index contributed by atoms with van der Waals surface area (Å²) in [4.78, 5) is 12.7. The van der Waals surface area contributed by atoms with Crippen molar-refractivity contribution in [2.45, 2.75) is 38.2 Å². The summed E-state index contributed by atoms with van der Waals surface area (Å²) in [7, 11) is 0. The zero-order valence-corrected chi connectivity index (χ0v) is 17.5. The van der Waals surface area contributed by atoms with Crippen LogP contribution in [0.2, 0.25) is 0 Å².